The fourth-order valence-corrected chi connectivity index (χ4v) is 2.26. The average Bonchev–Trinajstić information content (AvgIpc) is 2.73. The van der Waals surface area contributed by atoms with Crippen LogP contribution in [0.2, 0.25) is 0 Å². The number of hydrogen-bond donors (Lipinski definition) is 2. The molecule has 5 heteroatoms. The van der Waals surface area contributed by atoms with Gasteiger partial charge in [-0.1, -0.05) is 12.8 Å². The highest BCUT2D eigenvalue weighted by Crippen LogP contribution is 2.23. The van der Waals surface area contributed by atoms with Crippen LogP contribution in [0, 0.1) is 12.8 Å². The van der Waals surface area contributed by atoms with E-state index in [1.807, 2.05) is 6.92 Å². The largest absolute Gasteiger partial charge is 0.444 e. The first kappa shape index (κ1) is 12.1. The van der Waals surface area contributed by atoms with Gasteiger partial charge in [-0.2, -0.15) is 0 Å². The molecule has 1 heterocycles. The fourth-order valence-electron chi connectivity index (χ4n) is 2.26. The van der Waals surface area contributed by atoms with Crippen LogP contribution in [0.15, 0.2) is 10.6 Å². The van der Waals surface area contributed by atoms with Crippen LogP contribution >= 0.6 is 0 Å². The zero-order valence-corrected chi connectivity index (χ0v) is 10.1. The molecule has 0 aromatic carbocycles. The Hall–Kier alpha value is -1.36. The van der Waals surface area contributed by atoms with E-state index in [9.17, 15) is 4.79 Å². The first-order chi connectivity index (χ1) is 8.16. The van der Waals surface area contributed by atoms with Crippen molar-refractivity contribution >= 4 is 5.91 Å². The maximum atomic E-state index is 11.9. The summed E-state index contributed by atoms with van der Waals surface area (Å²) in [6.45, 7) is 2.17. The number of aryl methyl sites for hydroxylation is 1. The monoisotopic (exact) mass is 237 g/mol. The van der Waals surface area contributed by atoms with Crippen LogP contribution in [-0.2, 0) is 11.3 Å². The van der Waals surface area contributed by atoms with Crippen LogP contribution in [0.1, 0.15) is 37.3 Å². The van der Waals surface area contributed by atoms with Crippen LogP contribution in [-0.4, -0.2) is 16.9 Å². The maximum absolute atomic E-state index is 11.9. The third-order valence-corrected chi connectivity index (χ3v) is 3.24. The molecular weight excluding hydrogens is 218 g/mol. The van der Waals surface area contributed by atoms with Gasteiger partial charge >= 0.3 is 0 Å². The van der Waals surface area contributed by atoms with E-state index in [0.29, 0.717) is 12.4 Å². The number of hydrogen-bond acceptors (Lipinski definition) is 4. The average molecular weight is 237 g/mol. The van der Waals surface area contributed by atoms with Crippen LogP contribution in [0.4, 0.5) is 0 Å². The highest BCUT2D eigenvalue weighted by Gasteiger charge is 2.28. The number of nitrogens with one attached hydrogen (secondary N) is 1. The Labute approximate surface area is 101 Å². The lowest BCUT2D eigenvalue weighted by atomic mass is 9.84. The highest BCUT2D eigenvalue weighted by atomic mass is 16.4. The molecule has 0 spiro atoms. The molecular formula is C12H19N3O2. The summed E-state index contributed by atoms with van der Waals surface area (Å²) >= 11 is 0. The third-order valence-electron chi connectivity index (χ3n) is 3.24. The molecule has 1 amide bonds. The smallest absolute Gasteiger partial charge is 0.225 e. The summed E-state index contributed by atoms with van der Waals surface area (Å²) in [4.78, 5) is 16.0. The number of aromatic nitrogens is 1. The minimum absolute atomic E-state index is 0.00459. The lowest BCUT2D eigenvalue weighted by Gasteiger charge is -2.27. The molecule has 1 aromatic heterocycles. The first-order valence-corrected chi connectivity index (χ1v) is 6.11. The van der Waals surface area contributed by atoms with Crippen LogP contribution in [0.25, 0.3) is 0 Å². The normalized spacial score (nSPS) is 24.6. The standard InChI is InChI=1S/C12H19N3O2/c1-8-6-14-11(17-8)7-15-12(16)9-4-2-3-5-10(9)13/h6,9-10H,2-5,7,13H2,1H3,(H,15,16). The van der Waals surface area contributed by atoms with Gasteiger partial charge in [0.05, 0.1) is 18.7 Å². The highest BCUT2D eigenvalue weighted by molar-refractivity contribution is 5.79. The van der Waals surface area contributed by atoms with Crippen molar-refractivity contribution in [3.63, 3.8) is 0 Å². The summed E-state index contributed by atoms with van der Waals surface area (Å²) < 4.78 is 5.29. The van der Waals surface area contributed by atoms with Gasteiger partial charge in [0.2, 0.25) is 11.8 Å². The third kappa shape index (κ3) is 3.06. The van der Waals surface area contributed by atoms with Crippen LogP contribution in [0.5, 0.6) is 0 Å². The number of carbonyl (C=O) groups is 1. The van der Waals surface area contributed by atoms with Crippen LogP contribution < -0.4 is 11.1 Å². The van der Waals surface area contributed by atoms with Crippen molar-refractivity contribution in [2.24, 2.45) is 11.7 Å². The molecule has 0 saturated heterocycles. The van der Waals surface area contributed by atoms with E-state index in [1.165, 1.54) is 0 Å². The molecule has 1 aliphatic carbocycles. The molecule has 17 heavy (non-hydrogen) atoms. The molecule has 94 valence electrons. The van der Waals surface area contributed by atoms with Crippen molar-refractivity contribution in [3.8, 4) is 0 Å². The van der Waals surface area contributed by atoms with Gasteiger partial charge in [-0.3, -0.25) is 4.79 Å². The Kier molecular flexibility index (Phi) is 3.78. The Bertz CT molecular complexity index is 389. The fraction of sp³-hybridized carbons (Fsp3) is 0.667. The van der Waals surface area contributed by atoms with Crippen LogP contribution in [0.3, 0.4) is 0 Å². The molecule has 1 fully saturated rings. The second-order valence-electron chi connectivity index (χ2n) is 4.64. The van der Waals surface area contributed by atoms with E-state index in [4.69, 9.17) is 10.2 Å². The molecule has 2 unspecified atom stereocenters. The Morgan fingerprint density at radius 2 is 2.35 bits per heavy atom. The van der Waals surface area contributed by atoms with Gasteiger partial charge in [-0.15, -0.1) is 0 Å². The van der Waals surface area contributed by atoms with Crippen molar-refractivity contribution < 1.29 is 9.21 Å². The van der Waals surface area contributed by atoms with E-state index in [1.54, 1.807) is 6.20 Å². The molecule has 2 rings (SSSR count). The maximum Gasteiger partial charge on any atom is 0.225 e. The molecule has 3 N–H and O–H groups in total. The van der Waals surface area contributed by atoms with Gasteiger partial charge in [0.15, 0.2) is 0 Å². The Morgan fingerprint density at radius 3 is 3.00 bits per heavy atom. The molecule has 5 nitrogen and oxygen atoms in total. The van der Waals surface area contributed by atoms with Crippen molar-refractivity contribution in [2.75, 3.05) is 0 Å². The van der Waals surface area contributed by atoms with Gasteiger partial charge in [0.1, 0.15) is 5.76 Å². The molecule has 0 bridgehead atoms. The number of rotatable bonds is 3. The summed E-state index contributed by atoms with van der Waals surface area (Å²) in [7, 11) is 0. The number of nitrogens with zero attached hydrogens (tertiary/aromatic N) is 1. The van der Waals surface area contributed by atoms with Crippen molar-refractivity contribution in [2.45, 2.75) is 45.2 Å². The molecule has 0 aliphatic heterocycles. The predicted octanol–water partition coefficient (Wildman–Crippen LogP) is 1.12. The minimum Gasteiger partial charge on any atom is -0.444 e. The summed E-state index contributed by atoms with van der Waals surface area (Å²) in [5.41, 5.74) is 5.95. The van der Waals surface area contributed by atoms with Crippen molar-refractivity contribution in [1.82, 2.24) is 10.3 Å². The van der Waals surface area contributed by atoms with E-state index in [2.05, 4.69) is 10.3 Å². The summed E-state index contributed by atoms with van der Waals surface area (Å²) in [5.74, 6) is 1.26. The minimum atomic E-state index is -0.0557. The molecule has 0 radical (unpaired) electrons. The van der Waals surface area contributed by atoms with Crippen molar-refractivity contribution in [3.05, 3.63) is 17.8 Å². The van der Waals surface area contributed by atoms with E-state index in [-0.39, 0.29) is 17.9 Å². The molecule has 1 aromatic rings. The summed E-state index contributed by atoms with van der Waals surface area (Å²) in [6, 6.07) is -0.00459. The van der Waals surface area contributed by atoms with Gasteiger partial charge < -0.3 is 15.5 Å². The molecule has 1 saturated carbocycles. The SMILES string of the molecule is Cc1cnc(CNC(=O)C2CCCCC2N)o1. The topological polar surface area (TPSA) is 81.2 Å². The zero-order valence-electron chi connectivity index (χ0n) is 10.1. The van der Waals surface area contributed by atoms with Gasteiger partial charge in [-0.05, 0) is 19.8 Å². The number of oxazole rings is 1. The second kappa shape index (κ2) is 5.31. The lowest BCUT2D eigenvalue weighted by molar-refractivity contribution is -0.126. The quantitative estimate of drug-likeness (QED) is 0.825. The Balaban J connectivity index is 1.84. The van der Waals surface area contributed by atoms with E-state index in [0.717, 1.165) is 31.4 Å². The van der Waals surface area contributed by atoms with Gasteiger partial charge in [0, 0.05) is 6.04 Å². The van der Waals surface area contributed by atoms with Crippen molar-refractivity contribution in [1.29, 1.82) is 0 Å². The number of carbonyl (C=O) groups excluding carboxylic acids is 1. The number of amides is 1. The zero-order chi connectivity index (χ0) is 12.3. The molecule has 2 atom stereocenters. The predicted molar refractivity (Wildman–Crippen MR) is 63.0 cm³/mol. The summed E-state index contributed by atoms with van der Waals surface area (Å²) in [5, 5.41) is 2.84. The lowest BCUT2D eigenvalue weighted by Crippen LogP contribution is -2.43. The Morgan fingerprint density at radius 1 is 1.59 bits per heavy atom. The second-order valence-corrected chi connectivity index (χ2v) is 4.64. The molecule has 1 aliphatic rings. The van der Waals surface area contributed by atoms with E-state index >= 15 is 0 Å². The van der Waals surface area contributed by atoms with Gasteiger partial charge in [-0.25, -0.2) is 4.98 Å². The summed E-state index contributed by atoms with van der Waals surface area (Å²) in [6.07, 6.45) is 5.69. The first-order valence-electron chi connectivity index (χ1n) is 6.11. The van der Waals surface area contributed by atoms with E-state index < -0.39 is 0 Å². The van der Waals surface area contributed by atoms with Gasteiger partial charge in [0.25, 0.3) is 0 Å². The number of nitrogens with two attached hydrogens (primary N) is 1.